The average Bonchev–Trinajstić information content (AvgIpc) is 2.58. The molecule has 0 saturated heterocycles. The van der Waals surface area contributed by atoms with Crippen LogP contribution in [0.3, 0.4) is 0 Å². The molecule has 2 aliphatic rings. The molecule has 1 fully saturated rings. The molecule has 0 radical (unpaired) electrons. The number of hydrogen-bond acceptors (Lipinski definition) is 4. The molecule has 3 rings (SSSR count). The van der Waals surface area contributed by atoms with Crippen LogP contribution in [0.1, 0.15) is 43.7 Å². The number of nitrogens with zero attached hydrogens (tertiary/aromatic N) is 2. The fourth-order valence-electron chi connectivity index (χ4n) is 4.83. The van der Waals surface area contributed by atoms with E-state index in [9.17, 15) is 10.5 Å². The van der Waals surface area contributed by atoms with E-state index in [0.29, 0.717) is 12.8 Å². The summed E-state index contributed by atoms with van der Waals surface area (Å²) in [6.07, 6.45) is 1.14. The Morgan fingerprint density at radius 2 is 1.78 bits per heavy atom. The Morgan fingerprint density at radius 1 is 1.13 bits per heavy atom. The van der Waals surface area contributed by atoms with Crippen molar-refractivity contribution in [2.24, 2.45) is 11.3 Å². The smallest absolute Gasteiger partial charge is 0.174 e. The van der Waals surface area contributed by atoms with E-state index in [4.69, 9.17) is 9.47 Å². The lowest BCUT2D eigenvalue weighted by atomic mass is 9.47. The summed E-state index contributed by atoms with van der Waals surface area (Å²) in [5.74, 6) is -1.14. The van der Waals surface area contributed by atoms with Gasteiger partial charge in [-0.3, -0.25) is 0 Å². The first-order valence-corrected chi connectivity index (χ1v) is 7.92. The molecule has 1 aromatic rings. The summed E-state index contributed by atoms with van der Waals surface area (Å²) in [7, 11) is 3.26. The maximum atomic E-state index is 10.0. The summed E-state index contributed by atoms with van der Waals surface area (Å²) in [4.78, 5) is 0. The topological polar surface area (TPSA) is 66.0 Å². The van der Waals surface area contributed by atoms with Crippen molar-refractivity contribution in [2.45, 2.75) is 43.8 Å². The first-order chi connectivity index (χ1) is 10.9. The van der Waals surface area contributed by atoms with Gasteiger partial charge in [0.15, 0.2) is 5.79 Å². The fourth-order valence-corrected chi connectivity index (χ4v) is 4.83. The van der Waals surface area contributed by atoms with Gasteiger partial charge in [0.05, 0.1) is 23.5 Å². The van der Waals surface area contributed by atoms with E-state index in [0.717, 1.165) is 11.1 Å². The molecule has 4 heteroatoms. The Balaban J connectivity index is 2.31. The molecule has 1 aromatic carbocycles. The van der Waals surface area contributed by atoms with Gasteiger partial charge in [-0.05, 0) is 23.5 Å². The molecule has 1 saturated carbocycles. The predicted octanol–water partition coefficient (Wildman–Crippen LogP) is 3.49. The summed E-state index contributed by atoms with van der Waals surface area (Å²) in [5, 5.41) is 19.9. The molecule has 120 valence electrons. The highest BCUT2D eigenvalue weighted by Crippen LogP contribution is 2.63. The maximum Gasteiger partial charge on any atom is 0.174 e. The molecule has 2 bridgehead atoms. The van der Waals surface area contributed by atoms with Crippen molar-refractivity contribution in [1.82, 2.24) is 0 Å². The van der Waals surface area contributed by atoms with E-state index in [2.05, 4.69) is 26.0 Å². The van der Waals surface area contributed by atoms with E-state index >= 15 is 0 Å². The van der Waals surface area contributed by atoms with Crippen molar-refractivity contribution in [3.63, 3.8) is 0 Å². The Bertz CT molecular complexity index is 709. The minimum absolute atomic E-state index is 0.00398. The van der Waals surface area contributed by atoms with Crippen LogP contribution in [0.5, 0.6) is 0 Å². The van der Waals surface area contributed by atoms with Crippen LogP contribution in [-0.2, 0) is 14.9 Å². The van der Waals surface area contributed by atoms with Gasteiger partial charge in [-0.1, -0.05) is 38.1 Å². The molecular formula is C19H22N2O2. The Morgan fingerprint density at radius 3 is 2.35 bits per heavy atom. The molecule has 0 aromatic heterocycles. The maximum absolute atomic E-state index is 10.0. The van der Waals surface area contributed by atoms with Crippen LogP contribution in [0, 0.1) is 34.0 Å². The monoisotopic (exact) mass is 310 g/mol. The Labute approximate surface area is 137 Å². The lowest BCUT2D eigenvalue weighted by Gasteiger charge is -2.60. The second-order valence-corrected chi connectivity index (χ2v) is 7.26. The molecule has 2 aliphatic carbocycles. The van der Waals surface area contributed by atoms with Crippen molar-refractivity contribution in [3.8, 4) is 12.1 Å². The molecule has 3 atom stereocenters. The first kappa shape index (κ1) is 16.0. The number of fused-ring (bicyclic) bond motifs is 4. The predicted molar refractivity (Wildman–Crippen MR) is 85.3 cm³/mol. The van der Waals surface area contributed by atoms with E-state index in [1.54, 1.807) is 14.2 Å². The third kappa shape index (κ3) is 1.83. The summed E-state index contributed by atoms with van der Waals surface area (Å²) in [6.45, 7) is 4.18. The molecular weight excluding hydrogens is 288 g/mol. The van der Waals surface area contributed by atoms with Gasteiger partial charge >= 0.3 is 0 Å². The van der Waals surface area contributed by atoms with Crippen molar-refractivity contribution in [1.29, 1.82) is 10.5 Å². The van der Waals surface area contributed by atoms with E-state index in [1.165, 1.54) is 0 Å². The molecule has 0 heterocycles. The van der Waals surface area contributed by atoms with Crippen LogP contribution < -0.4 is 0 Å². The zero-order chi connectivity index (χ0) is 16.9. The van der Waals surface area contributed by atoms with Crippen LogP contribution in [0.4, 0.5) is 0 Å². The number of benzene rings is 1. The standard InChI is InChI=1S/C19H22N2O2/c1-17(2)16-9-18(12-21,11-19(17,22-3)23-4)15-8-6-5-7-13(15)14(16)10-20/h5-8,14,16H,9,11H2,1-4H3/t14-,16-,18-/m1/s1. The molecule has 4 nitrogen and oxygen atoms in total. The van der Waals surface area contributed by atoms with E-state index in [-0.39, 0.29) is 17.3 Å². The number of methoxy groups -OCH3 is 2. The van der Waals surface area contributed by atoms with Crippen LogP contribution in [-0.4, -0.2) is 20.0 Å². The average molecular weight is 310 g/mol. The fraction of sp³-hybridized carbons (Fsp3) is 0.579. The third-order valence-corrected chi connectivity index (χ3v) is 6.24. The summed E-state index contributed by atoms with van der Waals surface area (Å²) >= 11 is 0. The number of nitriles is 2. The van der Waals surface area contributed by atoms with E-state index < -0.39 is 11.2 Å². The lowest BCUT2D eigenvalue weighted by molar-refractivity contribution is -0.308. The third-order valence-electron chi connectivity index (χ3n) is 6.24. The van der Waals surface area contributed by atoms with Crippen LogP contribution in [0.15, 0.2) is 24.3 Å². The van der Waals surface area contributed by atoms with Crippen molar-refractivity contribution in [3.05, 3.63) is 35.4 Å². The lowest BCUT2D eigenvalue weighted by Crippen LogP contribution is -2.63. The van der Waals surface area contributed by atoms with E-state index in [1.807, 2.05) is 24.3 Å². The first-order valence-electron chi connectivity index (χ1n) is 7.92. The summed E-state index contributed by atoms with van der Waals surface area (Å²) in [5.41, 5.74) is 0.891. The van der Waals surface area contributed by atoms with Crippen LogP contribution in [0.25, 0.3) is 0 Å². The largest absolute Gasteiger partial charge is 0.353 e. The van der Waals surface area contributed by atoms with Gasteiger partial charge in [0.1, 0.15) is 0 Å². The molecule has 0 spiro atoms. The molecule has 23 heavy (non-hydrogen) atoms. The van der Waals surface area contributed by atoms with Crippen molar-refractivity contribution < 1.29 is 9.47 Å². The summed E-state index contributed by atoms with van der Waals surface area (Å²) in [6, 6.07) is 12.9. The molecule has 0 aliphatic heterocycles. The number of hydrogen-bond donors (Lipinski definition) is 0. The van der Waals surface area contributed by atoms with Gasteiger partial charge in [0, 0.05) is 26.1 Å². The van der Waals surface area contributed by atoms with Gasteiger partial charge in [-0.2, -0.15) is 10.5 Å². The summed E-state index contributed by atoms with van der Waals surface area (Å²) < 4.78 is 11.7. The van der Waals surface area contributed by atoms with Gasteiger partial charge in [0.25, 0.3) is 0 Å². The zero-order valence-corrected chi connectivity index (χ0v) is 14.1. The van der Waals surface area contributed by atoms with Gasteiger partial charge in [0.2, 0.25) is 0 Å². The quantitative estimate of drug-likeness (QED) is 0.784. The van der Waals surface area contributed by atoms with Gasteiger partial charge in [-0.25, -0.2) is 0 Å². The van der Waals surface area contributed by atoms with Crippen molar-refractivity contribution >= 4 is 0 Å². The van der Waals surface area contributed by atoms with Crippen LogP contribution in [0.2, 0.25) is 0 Å². The SMILES string of the molecule is COC1(OC)C[C@@]2(C#N)C[C@H]([C@H](C#N)c3ccccc32)C1(C)C. The second-order valence-electron chi connectivity index (χ2n) is 7.26. The van der Waals surface area contributed by atoms with Gasteiger partial charge in [-0.15, -0.1) is 0 Å². The molecule has 0 amide bonds. The van der Waals surface area contributed by atoms with Crippen molar-refractivity contribution in [2.75, 3.05) is 14.2 Å². The minimum atomic E-state index is -0.881. The molecule has 0 unspecified atom stereocenters. The Hall–Kier alpha value is -1.88. The number of ether oxygens (including phenoxy) is 2. The molecule has 0 N–H and O–H groups in total. The van der Waals surface area contributed by atoms with Crippen LogP contribution >= 0.6 is 0 Å². The number of rotatable bonds is 2. The normalized spacial score (nSPS) is 33.1. The Kier molecular flexibility index (Phi) is 3.52. The zero-order valence-electron chi connectivity index (χ0n) is 14.1. The second kappa shape index (κ2) is 5.06. The minimum Gasteiger partial charge on any atom is -0.353 e. The van der Waals surface area contributed by atoms with Gasteiger partial charge < -0.3 is 9.47 Å². The highest BCUT2D eigenvalue weighted by Gasteiger charge is 2.65. The highest BCUT2D eigenvalue weighted by molar-refractivity contribution is 5.49. The highest BCUT2D eigenvalue weighted by atomic mass is 16.7.